The van der Waals surface area contributed by atoms with Gasteiger partial charge >= 0.3 is 6.03 Å². The Hall–Kier alpha value is -2.35. The maximum absolute atomic E-state index is 12.3. The average molecular weight is 321 g/mol. The zero-order chi connectivity index (χ0) is 16.3. The van der Waals surface area contributed by atoms with E-state index in [9.17, 15) is 14.4 Å². The molecule has 1 heterocycles. The molecule has 22 heavy (non-hydrogen) atoms. The number of carbonyl (C=O) groups excluding carboxylic acids is 3. The van der Waals surface area contributed by atoms with E-state index in [1.807, 2.05) is 0 Å². The van der Waals surface area contributed by atoms with Gasteiger partial charge in [0.1, 0.15) is 6.04 Å². The molecule has 0 bridgehead atoms. The van der Waals surface area contributed by atoms with E-state index in [0.717, 1.165) is 16.7 Å². The van der Waals surface area contributed by atoms with Crippen LogP contribution >= 0.6 is 11.8 Å². The normalized spacial score (nSPS) is 18.5. The van der Waals surface area contributed by atoms with Gasteiger partial charge in [0.05, 0.1) is 11.4 Å². The molecule has 0 aliphatic carbocycles. The van der Waals surface area contributed by atoms with Crippen molar-refractivity contribution in [3.05, 3.63) is 29.8 Å². The Morgan fingerprint density at radius 3 is 2.50 bits per heavy atom. The molecule has 1 fully saturated rings. The Kier molecular flexibility index (Phi) is 4.81. The highest BCUT2D eigenvalue weighted by molar-refractivity contribution is 8.13. The van der Waals surface area contributed by atoms with Crippen LogP contribution in [0.1, 0.15) is 19.4 Å². The second kappa shape index (κ2) is 6.61. The van der Waals surface area contributed by atoms with Crippen LogP contribution in [0.25, 0.3) is 0 Å². The van der Waals surface area contributed by atoms with Gasteiger partial charge in [0.25, 0.3) is 5.91 Å². The maximum atomic E-state index is 12.3. The highest BCUT2D eigenvalue weighted by Gasteiger charge is 2.39. The fourth-order valence-electron chi connectivity index (χ4n) is 2.00. The highest BCUT2D eigenvalue weighted by Crippen LogP contribution is 2.22. The first-order chi connectivity index (χ1) is 10.4. The van der Waals surface area contributed by atoms with Crippen LogP contribution in [0, 0.1) is 0 Å². The van der Waals surface area contributed by atoms with Crippen LogP contribution in [-0.2, 0) is 9.59 Å². The van der Waals surface area contributed by atoms with Crippen LogP contribution in [0.4, 0.5) is 10.5 Å². The van der Waals surface area contributed by atoms with Crippen molar-refractivity contribution < 1.29 is 19.6 Å². The first kappa shape index (κ1) is 16.0. The molecular weight excluding hydrogens is 306 g/mol. The van der Waals surface area contributed by atoms with Crippen LogP contribution < -0.4 is 10.2 Å². The van der Waals surface area contributed by atoms with Crippen molar-refractivity contribution in [3.63, 3.8) is 0 Å². The number of rotatable bonds is 4. The van der Waals surface area contributed by atoms with Gasteiger partial charge in [-0.15, -0.1) is 0 Å². The van der Waals surface area contributed by atoms with E-state index in [1.54, 1.807) is 31.2 Å². The van der Waals surface area contributed by atoms with E-state index in [-0.39, 0.29) is 16.8 Å². The van der Waals surface area contributed by atoms with Crippen molar-refractivity contribution in [3.8, 4) is 0 Å². The molecule has 1 atom stereocenters. The molecule has 1 aromatic rings. The number of hydrogen-bond acceptors (Lipinski definition) is 6. The first-order valence-electron chi connectivity index (χ1n) is 6.51. The third-order valence-electron chi connectivity index (χ3n) is 3.17. The summed E-state index contributed by atoms with van der Waals surface area (Å²) in [6.07, 6.45) is 0. The van der Waals surface area contributed by atoms with Gasteiger partial charge in [-0.3, -0.25) is 9.59 Å². The molecule has 1 aliphatic heterocycles. The van der Waals surface area contributed by atoms with Crippen molar-refractivity contribution in [2.24, 2.45) is 5.16 Å². The van der Waals surface area contributed by atoms with Crippen molar-refractivity contribution in [1.82, 2.24) is 5.32 Å². The predicted molar refractivity (Wildman–Crippen MR) is 83.4 cm³/mol. The van der Waals surface area contributed by atoms with Crippen molar-refractivity contribution >= 4 is 40.2 Å². The summed E-state index contributed by atoms with van der Waals surface area (Å²) < 4.78 is 0. The van der Waals surface area contributed by atoms with Crippen LogP contribution in [0.15, 0.2) is 29.4 Å². The molecule has 116 valence electrons. The fraction of sp³-hybridized carbons (Fsp3) is 0.286. The zero-order valence-electron chi connectivity index (χ0n) is 12.1. The number of anilines is 1. The molecule has 1 aliphatic rings. The summed E-state index contributed by atoms with van der Waals surface area (Å²) in [6.45, 7) is 3.05. The van der Waals surface area contributed by atoms with Crippen LogP contribution in [0.5, 0.6) is 0 Å². The summed E-state index contributed by atoms with van der Waals surface area (Å²) in [6, 6.07) is 5.29. The van der Waals surface area contributed by atoms with Crippen LogP contribution in [0.2, 0.25) is 0 Å². The molecule has 0 saturated carbocycles. The van der Waals surface area contributed by atoms with Gasteiger partial charge in [0.15, 0.2) is 5.12 Å². The van der Waals surface area contributed by atoms with E-state index < -0.39 is 12.1 Å². The van der Waals surface area contributed by atoms with Crippen molar-refractivity contribution in [2.75, 3.05) is 10.7 Å². The number of nitrogens with one attached hydrogen (secondary N) is 1. The lowest BCUT2D eigenvalue weighted by molar-refractivity contribution is -0.117. The smallest absolute Gasteiger partial charge is 0.329 e. The standard InChI is InChI=1S/C14H15N3O4S/c1-8(16-21)10-3-5-11(6-4-10)17-13(19)12(15-14(17)20)7-22-9(2)18/h3-6,12,21H,7H2,1-2H3,(H,15,20). The number of amides is 3. The lowest BCUT2D eigenvalue weighted by Gasteiger charge is -2.13. The van der Waals surface area contributed by atoms with Crippen LogP contribution in [0.3, 0.4) is 0 Å². The number of thioether (sulfide) groups is 1. The molecule has 7 nitrogen and oxygen atoms in total. The van der Waals surface area contributed by atoms with Gasteiger partial charge in [-0.1, -0.05) is 29.1 Å². The molecule has 1 saturated heterocycles. The minimum absolute atomic E-state index is 0.108. The summed E-state index contributed by atoms with van der Waals surface area (Å²) in [5.41, 5.74) is 1.54. The molecular formula is C14H15N3O4S. The summed E-state index contributed by atoms with van der Waals surface area (Å²) in [7, 11) is 0. The minimum atomic E-state index is -0.707. The second-order valence-corrected chi connectivity index (χ2v) is 5.91. The van der Waals surface area contributed by atoms with Crippen LogP contribution in [-0.4, -0.2) is 39.8 Å². The van der Waals surface area contributed by atoms with E-state index in [2.05, 4.69) is 10.5 Å². The number of imide groups is 1. The Bertz CT molecular complexity index is 642. The maximum Gasteiger partial charge on any atom is 0.329 e. The molecule has 1 aromatic carbocycles. The molecule has 8 heteroatoms. The predicted octanol–water partition coefficient (Wildman–Crippen LogP) is 1.59. The fourth-order valence-corrected chi connectivity index (χ4v) is 2.63. The van der Waals surface area contributed by atoms with Gasteiger partial charge in [0, 0.05) is 12.7 Å². The monoisotopic (exact) mass is 321 g/mol. The van der Waals surface area contributed by atoms with Gasteiger partial charge in [-0.05, 0) is 24.6 Å². The summed E-state index contributed by atoms with van der Waals surface area (Å²) in [5.74, 6) is -0.177. The second-order valence-electron chi connectivity index (χ2n) is 4.71. The molecule has 2 N–H and O–H groups in total. The summed E-state index contributed by atoms with van der Waals surface area (Å²) in [4.78, 5) is 36.2. The number of carbonyl (C=O) groups is 3. The third kappa shape index (κ3) is 3.28. The number of benzene rings is 1. The Morgan fingerprint density at radius 2 is 1.95 bits per heavy atom. The number of nitrogens with zero attached hydrogens (tertiary/aromatic N) is 2. The van der Waals surface area contributed by atoms with E-state index in [1.165, 1.54) is 6.92 Å². The van der Waals surface area contributed by atoms with E-state index >= 15 is 0 Å². The lowest BCUT2D eigenvalue weighted by atomic mass is 10.1. The number of urea groups is 1. The summed E-state index contributed by atoms with van der Waals surface area (Å²) in [5, 5.41) is 14.3. The molecule has 0 radical (unpaired) electrons. The lowest BCUT2D eigenvalue weighted by Crippen LogP contribution is -2.32. The zero-order valence-corrected chi connectivity index (χ0v) is 12.9. The quantitative estimate of drug-likeness (QED) is 0.380. The van der Waals surface area contributed by atoms with Gasteiger partial charge in [-0.2, -0.15) is 0 Å². The molecule has 2 rings (SSSR count). The Labute approximate surface area is 131 Å². The Morgan fingerprint density at radius 1 is 1.32 bits per heavy atom. The molecule has 1 unspecified atom stereocenters. The minimum Gasteiger partial charge on any atom is -0.411 e. The highest BCUT2D eigenvalue weighted by atomic mass is 32.2. The number of oxime groups is 1. The van der Waals surface area contributed by atoms with E-state index in [4.69, 9.17) is 5.21 Å². The van der Waals surface area contributed by atoms with Crippen molar-refractivity contribution in [1.29, 1.82) is 0 Å². The largest absolute Gasteiger partial charge is 0.411 e. The van der Waals surface area contributed by atoms with Gasteiger partial charge in [-0.25, -0.2) is 9.69 Å². The van der Waals surface area contributed by atoms with Gasteiger partial charge in [0.2, 0.25) is 0 Å². The summed E-state index contributed by atoms with van der Waals surface area (Å²) >= 11 is 0.996. The molecule has 3 amide bonds. The molecule has 0 aromatic heterocycles. The average Bonchev–Trinajstić information content (AvgIpc) is 2.79. The SMILES string of the molecule is CC(=O)SCC1NC(=O)N(c2ccc(C(C)=NO)cc2)C1=O. The first-order valence-corrected chi connectivity index (χ1v) is 7.49. The third-order valence-corrected chi connectivity index (χ3v) is 4.07. The van der Waals surface area contributed by atoms with E-state index in [0.29, 0.717) is 17.0 Å². The number of hydrogen-bond donors (Lipinski definition) is 2. The van der Waals surface area contributed by atoms with Crippen molar-refractivity contribution in [2.45, 2.75) is 19.9 Å². The Balaban J connectivity index is 2.16. The van der Waals surface area contributed by atoms with Gasteiger partial charge < -0.3 is 10.5 Å². The topological polar surface area (TPSA) is 99.1 Å². The molecule has 0 spiro atoms.